The lowest BCUT2D eigenvalue weighted by molar-refractivity contribution is 0.100. The minimum atomic E-state index is 0.190. The van der Waals surface area contributed by atoms with Crippen molar-refractivity contribution in [3.63, 3.8) is 0 Å². The van der Waals surface area contributed by atoms with E-state index in [2.05, 4.69) is 19.9 Å². The smallest absolute Gasteiger partial charge is 0.122 e. The minimum Gasteiger partial charge on any atom is -0.489 e. The van der Waals surface area contributed by atoms with Gasteiger partial charge in [0.1, 0.15) is 11.9 Å². The number of ether oxygens (including phenoxy) is 1. The molecule has 0 saturated heterocycles. The summed E-state index contributed by atoms with van der Waals surface area (Å²) < 4.78 is 6.11. The van der Waals surface area contributed by atoms with Crippen LogP contribution in [0.15, 0.2) is 24.3 Å². The molecule has 94 valence electrons. The van der Waals surface area contributed by atoms with Crippen LogP contribution >= 0.6 is 0 Å². The summed E-state index contributed by atoms with van der Waals surface area (Å²) in [6.07, 6.45) is 4.88. The largest absolute Gasteiger partial charge is 0.489 e. The first-order valence-electron chi connectivity index (χ1n) is 6.68. The van der Waals surface area contributed by atoms with Crippen molar-refractivity contribution in [2.75, 3.05) is 0 Å². The van der Waals surface area contributed by atoms with E-state index in [0.29, 0.717) is 0 Å². The SMILES string of the molecule is CCC1CCC(N)C(Oc2ccccc2C)C1. The molecule has 1 aromatic carbocycles. The third kappa shape index (κ3) is 3.01. The lowest BCUT2D eigenvalue weighted by Crippen LogP contribution is -2.43. The zero-order valence-electron chi connectivity index (χ0n) is 10.9. The Labute approximate surface area is 104 Å². The summed E-state index contributed by atoms with van der Waals surface area (Å²) in [5.74, 6) is 1.77. The zero-order valence-corrected chi connectivity index (χ0v) is 10.9. The first kappa shape index (κ1) is 12.4. The van der Waals surface area contributed by atoms with E-state index in [1.54, 1.807) is 0 Å². The van der Waals surface area contributed by atoms with Gasteiger partial charge in [-0.05, 0) is 43.7 Å². The van der Waals surface area contributed by atoms with Crippen LogP contribution in [-0.2, 0) is 0 Å². The summed E-state index contributed by atoms with van der Waals surface area (Å²) in [5.41, 5.74) is 7.36. The van der Waals surface area contributed by atoms with Crippen molar-refractivity contribution in [3.05, 3.63) is 29.8 Å². The van der Waals surface area contributed by atoms with Crippen LogP contribution in [0.25, 0.3) is 0 Å². The van der Waals surface area contributed by atoms with E-state index in [4.69, 9.17) is 10.5 Å². The van der Waals surface area contributed by atoms with E-state index in [0.717, 1.165) is 24.5 Å². The normalized spacial score (nSPS) is 29.0. The topological polar surface area (TPSA) is 35.2 Å². The van der Waals surface area contributed by atoms with Gasteiger partial charge in [-0.25, -0.2) is 0 Å². The molecule has 0 radical (unpaired) electrons. The Balaban J connectivity index is 2.04. The third-order valence-corrected chi connectivity index (χ3v) is 3.90. The van der Waals surface area contributed by atoms with Crippen LogP contribution in [0.2, 0.25) is 0 Å². The molecule has 3 unspecified atom stereocenters. The molecule has 3 atom stereocenters. The predicted octanol–water partition coefficient (Wildman–Crippen LogP) is 3.28. The second kappa shape index (κ2) is 5.54. The standard InChI is InChI=1S/C15H23NO/c1-3-12-8-9-13(16)15(10-12)17-14-7-5-4-6-11(14)2/h4-7,12-13,15H,3,8-10,16H2,1-2H3. The first-order chi connectivity index (χ1) is 8.20. The highest BCUT2D eigenvalue weighted by molar-refractivity contribution is 5.32. The van der Waals surface area contributed by atoms with E-state index in [1.807, 2.05) is 18.2 Å². The van der Waals surface area contributed by atoms with Gasteiger partial charge in [-0.15, -0.1) is 0 Å². The van der Waals surface area contributed by atoms with Crippen LogP contribution in [0.1, 0.15) is 38.2 Å². The maximum Gasteiger partial charge on any atom is 0.122 e. The van der Waals surface area contributed by atoms with E-state index in [9.17, 15) is 0 Å². The van der Waals surface area contributed by atoms with Crippen LogP contribution in [0.4, 0.5) is 0 Å². The molecule has 2 N–H and O–H groups in total. The average Bonchev–Trinajstić information content (AvgIpc) is 2.35. The van der Waals surface area contributed by atoms with Gasteiger partial charge < -0.3 is 10.5 Å². The van der Waals surface area contributed by atoms with Crippen molar-refractivity contribution in [1.82, 2.24) is 0 Å². The van der Waals surface area contributed by atoms with E-state index in [1.165, 1.54) is 18.4 Å². The van der Waals surface area contributed by atoms with Crippen LogP contribution in [-0.4, -0.2) is 12.1 Å². The molecular formula is C15H23NO. The predicted molar refractivity (Wildman–Crippen MR) is 71.2 cm³/mol. The number of benzene rings is 1. The Morgan fingerprint density at radius 3 is 2.76 bits per heavy atom. The molecule has 1 fully saturated rings. The molecule has 0 bridgehead atoms. The summed E-state index contributed by atoms with van der Waals surface area (Å²) in [7, 11) is 0. The van der Waals surface area contributed by atoms with Crippen molar-refractivity contribution in [1.29, 1.82) is 0 Å². The maximum atomic E-state index is 6.17. The van der Waals surface area contributed by atoms with Gasteiger partial charge in [-0.1, -0.05) is 31.5 Å². The van der Waals surface area contributed by atoms with E-state index in [-0.39, 0.29) is 12.1 Å². The molecule has 1 aromatic rings. The van der Waals surface area contributed by atoms with Crippen molar-refractivity contribution < 1.29 is 4.74 Å². The first-order valence-corrected chi connectivity index (χ1v) is 6.68. The van der Waals surface area contributed by atoms with Gasteiger partial charge in [0.05, 0.1) is 0 Å². The number of hydrogen-bond donors (Lipinski definition) is 1. The molecule has 2 nitrogen and oxygen atoms in total. The van der Waals surface area contributed by atoms with Gasteiger partial charge in [-0.2, -0.15) is 0 Å². The fraction of sp³-hybridized carbons (Fsp3) is 0.600. The quantitative estimate of drug-likeness (QED) is 0.869. The number of rotatable bonds is 3. The Morgan fingerprint density at radius 1 is 1.29 bits per heavy atom. The molecule has 0 aliphatic heterocycles. The van der Waals surface area contributed by atoms with Crippen molar-refractivity contribution in [2.24, 2.45) is 11.7 Å². The highest BCUT2D eigenvalue weighted by Crippen LogP contribution is 2.30. The molecule has 1 saturated carbocycles. The molecule has 2 heteroatoms. The van der Waals surface area contributed by atoms with Gasteiger partial charge in [0.15, 0.2) is 0 Å². The number of aryl methyl sites for hydroxylation is 1. The molecule has 1 aliphatic rings. The van der Waals surface area contributed by atoms with E-state index < -0.39 is 0 Å². The summed E-state index contributed by atoms with van der Waals surface area (Å²) in [6.45, 7) is 4.34. The number of hydrogen-bond acceptors (Lipinski definition) is 2. The van der Waals surface area contributed by atoms with E-state index >= 15 is 0 Å². The fourth-order valence-corrected chi connectivity index (χ4v) is 2.59. The summed E-state index contributed by atoms with van der Waals surface area (Å²) in [4.78, 5) is 0. The number of nitrogens with two attached hydrogens (primary N) is 1. The van der Waals surface area contributed by atoms with Gasteiger partial charge in [0.2, 0.25) is 0 Å². The molecule has 0 amide bonds. The van der Waals surface area contributed by atoms with Crippen molar-refractivity contribution in [3.8, 4) is 5.75 Å². The molecular weight excluding hydrogens is 210 g/mol. The van der Waals surface area contributed by atoms with Crippen LogP contribution in [0.3, 0.4) is 0 Å². The van der Waals surface area contributed by atoms with Crippen LogP contribution in [0.5, 0.6) is 5.75 Å². The average molecular weight is 233 g/mol. The zero-order chi connectivity index (χ0) is 12.3. The number of para-hydroxylation sites is 1. The molecule has 0 aromatic heterocycles. The second-order valence-corrected chi connectivity index (χ2v) is 5.17. The summed E-state index contributed by atoms with van der Waals surface area (Å²) in [6, 6.07) is 8.38. The lowest BCUT2D eigenvalue weighted by Gasteiger charge is -2.34. The Kier molecular flexibility index (Phi) is 4.06. The summed E-state index contributed by atoms with van der Waals surface area (Å²) in [5, 5.41) is 0. The molecule has 0 spiro atoms. The van der Waals surface area contributed by atoms with Crippen LogP contribution < -0.4 is 10.5 Å². The summed E-state index contributed by atoms with van der Waals surface area (Å²) >= 11 is 0. The molecule has 17 heavy (non-hydrogen) atoms. The third-order valence-electron chi connectivity index (χ3n) is 3.90. The van der Waals surface area contributed by atoms with Gasteiger partial charge >= 0.3 is 0 Å². The van der Waals surface area contributed by atoms with Gasteiger partial charge in [0, 0.05) is 6.04 Å². The highest BCUT2D eigenvalue weighted by atomic mass is 16.5. The van der Waals surface area contributed by atoms with Crippen LogP contribution in [0, 0.1) is 12.8 Å². The minimum absolute atomic E-state index is 0.190. The lowest BCUT2D eigenvalue weighted by atomic mass is 9.83. The highest BCUT2D eigenvalue weighted by Gasteiger charge is 2.28. The van der Waals surface area contributed by atoms with Gasteiger partial charge in [0.25, 0.3) is 0 Å². The molecule has 1 aliphatic carbocycles. The van der Waals surface area contributed by atoms with Crippen molar-refractivity contribution >= 4 is 0 Å². The van der Waals surface area contributed by atoms with Gasteiger partial charge in [-0.3, -0.25) is 0 Å². The Morgan fingerprint density at radius 2 is 2.06 bits per heavy atom. The molecule has 2 rings (SSSR count). The second-order valence-electron chi connectivity index (χ2n) is 5.17. The monoisotopic (exact) mass is 233 g/mol. The maximum absolute atomic E-state index is 6.17. The fourth-order valence-electron chi connectivity index (χ4n) is 2.59. The Bertz CT molecular complexity index is 364. The molecule has 0 heterocycles. The van der Waals surface area contributed by atoms with Crippen molar-refractivity contribution in [2.45, 2.75) is 51.7 Å². The Hall–Kier alpha value is -1.02.